The highest BCUT2D eigenvalue weighted by atomic mass is 16.1. The Morgan fingerprint density at radius 3 is 2.75 bits per heavy atom. The molecule has 0 aromatic heterocycles. The summed E-state index contributed by atoms with van der Waals surface area (Å²) in [6.07, 6.45) is 4.84. The van der Waals surface area contributed by atoms with Gasteiger partial charge in [0.15, 0.2) is 0 Å². The summed E-state index contributed by atoms with van der Waals surface area (Å²) in [7, 11) is 0. The van der Waals surface area contributed by atoms with Gasteiger partial charge in [-0.15, -0.1) is 0 Å². The quantitative estimate of drug-likeness (QED) is 0.540. The van der Waals surface area contributed by atoms with Gasteiger partial charge in [-0.05, 0) is 30.6 Å². The standard InChI is InChI=1S/C11H18O/c1-7-3-4-10-8(2)11(12)6-9(10)5-7/h7-10H,3-6H2,1-2H3/t7-,8-,9-,10+/m1/s1. The molecule has 12 heavy (non-hydrogen) atoms. The average molecular weight is 166 g/mol. The van der Waals surface area contributed by atoms with Crippen molar-refractivity contribution < 1.29 is 4.79 Å². The zero-order valence-corrected chi connectivity index (χ0v) is 8.05. The van der Waals surface area contributed by atoms with Crippen LogP contribution >= 0.6 is 0 Å². The molecule has 0 aliphatic heterocycles. The van der Waals surface area contributed by atoms with E-state index in [1.54, 1.807) is 0 Å². The second kappa shape index (κ2) is 2.86. The average Bonchev–Trinajstić information content (AvgIpc) is 2.28. The Bertz CT molecular complexity index is 197. The first-order valence-corrected chi connectivity index (χ1v) is 5.21. The van der Waals surface area contributed by atoms with Gasteiger partial charge in [0.05, 0.1) is 0 Å². The molecule has 2 aliphatic rings. The molecular weight excluding hydrogens is 148 g/mol. The predicted molar refractivity (Wildman–Crippen MR) is 48.8 cm³/mol. The smallest absolute Gasteiger partial charge is 0.136 e. The van der Waals surface area contributed by atoms with E-state index in [1.807, 2.05) is 0 Å². The highest BCUT2D eigenvalue weighted by Gasteiger charge is 2.41. The topological polar surface area (TPSA) is 17.1 Å². The van der Waals surface area contributed by atoms with Crippen molar-refractivity contribution >= 4 is 5.78 Å². The number of carbonyl (C=O) groups is 1. The second-order valence-corrected chi connectivity index (χ2v) is 4.80. The molecule has 0 unspecified atom stereocenters. The van der Waals surface area contributed by atoms with Crippen LogP contribution in [0, 0.1) is 23.7 Å². The van der Waals surface area contributed by atoms with E-state index in [1.165, 1.54) is 19.3 Å². The highest BCUT2D eigenvalue weighted by Crippen LogP contribution is 2.45. The Balaban J connectivity index is 2.09. The maximum absolute atomic E-state index is 11.4. The Morgan fingerprint density at radius 2 is 2.00 bits per heavy atom. The first-order valence-electron chi connectivity index (χ1n) is 5.21. The van der Waals surface area contributed by atoms with E-state index in [2.05, 4.69) is 13.8 Å². The lowest BCUT2D eigenvalue weighted by Crippen LogP contribution is -2.22. The first kappa shape index (κ1) is 8.28. The molecule has 4 atom stereocenters. The number of hydrogen-bond acceptors (Lipinski definition) is 1. The van der Waals surface area contributed by atoms with E-state index in [0.717, 1.165) is 24.2 Å². The Kier molecular flexibility index (Phi) is 1.97. The molecule has 0 radical (unpaired) electrons. The van der Waals surface area contributed by atoms with Gasteiger partial charge in [0, 0.05) is 12.3 Å². The molecule has 0 N–H and O–H groups in total. The lowest BCUT2D eigenvalue weighted by atomic mass is 9.74. The minimum Gasteiger partial charge on any atom is -0.299 e. The fraction of sp³-hybridized carbons (Fsp3) is 0.909. The molecule has 2 saturated carbocycles. The first-order chi connectivity index (χ1) is 5.68. The van der Waals surface area contributed by atoms with E-state index >= 15 is 0 Å². The Hall–Kier alpha value is -0.330. The van der Waals surface area contributed by atoms with Gasteiger partial charge in [0.2, 0.25) is 0 Å². The maximum atomic E-state index is 11.4. The molecular formula is C11H18O. The minimum absolute atomic E-state index is 0.377. The second-order valence-electron chi connectivity index (χ2n) is 4.80. The van der Waals surface area contributed by atoms with Gasteiger partial charge in [-0.1, -0.05) is 20.3 Å². The zero-order valence-electron chi connectivity index (χ0n) is 8.05. The summed E-state index contributed by atoms with van der Waals surface area (Å²) >= 11 is 0. The van der Waals surface area contributed by atoms with Gasteiger partial charge in [-0.3, -0.25) is 4.79 Å². The van der Waals surface area contributed by atoms with Crippen molar-refractivity contribution in [2.45, 2.75) is 39.5 Å². The van der Waals surface area contributed by atoms with Crippen molar-refractivity contribution in [3.63, 3.8) is 0 Å². The number of Topliss-reactive ketones (excluding diaryl/α,β-unsaturated/α-hetero) is 1. The molecule has 2 fully saturated rings. The molecule has 0 saturated heterocycles. The largest absolute Gasteiger partial charge is 0.299 e. The van der Waals surface area contributed by atoms with Crippen LogP contribution in [0.1, 0.15) is 39.5 Å². The van der Waals surface area contributed by atoms with Crippen LogP contribution < -0.4 is 0 Å². The molecule has 2 rings (SSSR count). The summed E-state index contributed by atoms with van der Waals surface area (Å²) in [5.74, 6) is 3.26. The van der Waals surface area contributed by atoms with E-state index < -0.39 is 0 Å². The Labute approximate surface area is 74.5 Å². The van der Waals surface area contributed by atoms with E-state index in [-0.39, 0.29) is 0 Å². The number of ketones is 1. The molecule has 1 nitrogen and oxygen atoms in total. The molecule has 2 aliphatic carbocycles. The van der Waals surface area contributed by atoms with Crippen LogP contribution in [0.15, 0.2) is 0 Å². The van der Waals surface area contributed by atoms with Gasteiger partial charge in [-0.2, -0.15) is 0 Å². The van der Waals surface area contributed by atoms with E-state index in [4.69, 9.17) is 0 Å². The summed E-state index contributed by atoms with van der Waals surface area (Å²) in [6, 6.07) is 0. The van der Waals surface area contributed by atoms with Gasteiger partial charge >= 0.3 is 0 Å². The molecule has 0 spiro atoms. The monoisotopic (exact) mass is 166 g/mol. The molecule has 0 amide bonds. The van der Waals surface area contributed by atoms with Crippen molar-refractivity contribution in [1.29, 1.82) is 0 Å². The molecule has 0 aromatic rings. The molecule has 0 heterocycles. The lowest BCUT2D eigenvalue weighted by molar-refractivity contribution is -0.120. The van der Waals surface area contributed by atoms with Crippen molar-refractivity contribution in [2.24, 2.45) is 23.7 Å². The summed E-state index contributed by atoms with van der Waals surface area (Å²) in [6.45, 7) is 4.45. The SMILES string of the molecule is C[C@@H]1CC[C@@H]2[C@@H](CC(=O)[C@@H]2C)C1. The van der Waals surface area contributed by atoms with Crippen LogP contribution in [0.2, 0.25) is 0 Å². The summed E-state index contributed by atoms with van der Waals surface area (Å²) < 4.78 is 0. The fourth-order valence-corrected chi connectivity index (χ4v) is 3.10. The number of fused-ring (bicyclic) bond motifs is 1. The Morgan fingerprint density at radius 1 is 1.25 bits per heavy atom. The van der Waals surface area contributed by atoms with Crippen molar-refractivity contribution in [1.82, 2.24) is 0 Å². The number of carbonyl (C=O) groups excluding carboxylic acids is 1. The van der Waals surface area contributed by atoms with Crippen LogP contribution in [-0.2, 0) is 4.79 Å². The predicted octanol–water partition coefficient (Wildman–Crippen LogP) is 2.65. The van der Waals surface area contributed by atoms with Gasteiger partial charge in [0.25, 0.3) is 0 Å². The van der Waals surface area contributed by atoms with Gasteiger partial charge < -0.3 is 0 Å². The van der Waals surface area contributed by atoms with E-state index in [0.29, 0.717) is 11.7 Å². The molecule has 68 valence electrons. The van der Waals surface area contributed by atoms with Crippen LogP contribution in [0.5, 0.6) is 0 Å². The van der Waals surface area contributed by atoms with Crippen LogP contribution in [0.25, 0.3) is 0 Å². The van der Waals surface area contributed by atoms with Crippen LogP contribution in [0.3, 0.4) is 0 Å². The van der Waals surface area contributed by atoms with E-state index in [9.17, 15) is 4.79 Å². The van der Waals surface area contributed by atoms with Gasteiger partial charge in [-0.25, -0.2) is 0 Å². The lowest BCUT2D eigenvalue weighted by Gasteiger charge is -2.30. The third-order valence-corrected chi connectivity index (χ3v) is 3.92. The summed E-state index contributed by atoms with van der Waals surface area (Å²) in [5.41, 5.74) is 0. The van der Waals surface area contributed by atoms with Crippen molar-refractivity contribution in [3.8, 4) is 0 Å². The molecule has 1 heteroatoms. The van der Waals surface area contributed by atoms with Gasteiger partial charge in [0.1, 0.15) is 5.78 Å². The van der Waals surface area contributed by atoms with Crippen molar-refractivity contribution in [3.05, 3.63) is 0 Å². The van der Waals surface area contributed by atoms with Crippen LogP contribution in [0.4, 0.5) is 0 Å². The number of hydrogen-bond donors (Lipinski definition) is 0. The van der Waals surface area contributed by atoms with Crippen molar-refractivity contribution in [2.75, 3.05) is 0 Å². The third-order valence-electron chi connectivity index (χ3n) is 3.92. The minimum atomic E-state index is 0.377. The zero-order chi connectivity index (χ0) is 8.72. The molecule has 0 bridgehead atoms. The summed E-state index contributed by atoms with van der Waals surface area (Å²) in [5, 5.41) is 0. The number of rotatable bonds is 0. The third kappa shape index (κ3) is 1.19. The maximum Gasteiger partial charge on any atom is 0.136 e. The van der Waals surface area contributed by atoms with Crippen LogP contribution in [-0.4, -0.2) is 5.78 Å². The highest BCUT2D eigenvalue weighted by molar-refractivity contribution is 5.83. The fourth-order valence-electron chi connectivity index (χ4n) is 3.10. The normalized spacial score (nSPS) is 47.7. The molecule has 0 aromatic carbocycles. The summed E-state index contributed by atoms with van der Waals surface area (Å²) in [4.78, 5) is 11.4.